The number of hydrogen-bond acceptors (Lipinski definition) is 6. The summed E-state index contributed by atoms with van der Waals surface area (Å²) >= 11 is 0. The van der Waals surface area contributed by atoms with Gasteiger partial charge in [-0.15, -0.1) is 0 Å². The number of likely N-dealkylation sites (tertiary alicyclic amines) is 1. The minimum atomic E-state index is -5.08. The van der Waals surface area contributed by atoms with Crippen LogP contribution in [0.15, 0.2) is 24.4 Å². The summed E-state index contributed by atoms with van der Waals surface area (Å²) in [4.78, 5) is 46.5. The fourth-order valence-corrected chi connectivity index (χ4v) is 5.50. The molecule has 5 rings (SSSR count). The number of hydrogen-bond donors (Lipinski definition) is 1. The molecule has 2 amide bonds. The number of amides is 2. The zero-order chi connectivity index (χ0) is 26.6. The molecule has 0 aromatic carbocycles. The van der Waals surface area contributed by atoms with Crippen LogP contribution in [-0.4, -0.2) is 96.3 Å². The highest BCUT2D eigenvalue weighted by Crippen LogP contribution is 2.45. The van der Waals surface area contributed by atoms with Crippen LogP contribution in [0.3, 0.4) is 0 Å². The molecular weight excluding hydrogens is 493 g/mol. The van der Waals surface area contributed by atoms with Crippen molar-refractivity contribution >= 4 is 23.6 Å². The summed E-state index contributed by atoms with van der Waals surface area (Å²) in [5, 5.41) is 7.12. The van der Waals surface area contributed by atoms with Crippen LogP contribution in [0.4, 0.5) is 19.0 Å². The fraction of sp³-hybridized carbons (Fsp3) is 0.680. The number of morpholine rings is 1. The van der Waals surface area contributed by atoms with Crippen LogP contribution in [0.1, 0.15) is 32.1 Å². The van der Waals surface area contributed by atoms with E-state index in [1.807, 2.05) is 29.3 Å². The number of carbonyl (C=O) groups excluding carboxylic acids is 2. The van der Waals surface area contributed by atoms with Crippen molar-refractivity contribution in [1.29, 1.82) is 0 Å². The first-order valence-corrected chi connectivity index (χ1v) is 12.7. The van der Waals surface area contributed by atoms with Crippen molar-refractivity contribution in [2.75, 3.05) is 57.4 Å². The van der Waals surface area contributed by atoms with Crippen molar-refractivity contribution in [3.63, 3.8) is 0 Å². The van der Waals surface area contributed by atoms with Gasteiger partial charge in [0.1, 0.15) is 5.82 Å². The van der Waals surface area contributed by atoms with Gasteiger partial charge in [-0.25, -0.2) is 9.78 Å². The summed E-state index contributed by atoms with van der Waals surface area (Å²) < 4.78 is 37.2. The number of carbonyl (C=O) groups is 3. The lowest BCUT2D eigenvalue weighted by molar-refractivity contribution is -0.192. The lowest BCUT2D eigenvalue weighted by atomic mass is 9.73. The van der Waals surface area contributed by atoms with Crippen molar-refractivity contribution in [2.45, 2.75) is 38.3 Å². The van der Waals surface area contributed by atoms with E-state index in [9.17, 15) is 22.8 Å². The van der Waals surface area contributed by atoms with Crippen LogP contribution in [0.2, 0.25) is 0 Å². The molecule has 0 radical (unpaired) electrons. The van der Waals surface area contributed by atoms with Gasteiger partial charge < -0.3 is 24.5 Å². The third-order valence-corrected chi connectivity index (χ3v) is 7.64. The van der Waals surface area contributed by atoms with Crippen molar-refractivity contribution in [1.82, 2.24) is 14.8 Å². The Morgan fingerprint density at radius 3 is 2.38 bits per heavy atom. The molecule has 9 nitrogen and oxygen atoms in total. The molecule has 4 heterocycles. The van der Waals surface area contributed by atoms with Crippen LogP contribution in [-0.2, 0) is 19.1 Å². The summed E-state index contributed by atoms with van der Waals surface area (Å²) in [6.45, 7) is 5.50. The van der Waals surface area contributed by atoms with Crippen molar-refractivity contribution < 1.29 is 37.4 Å². The molecule has 37 heavy (non-hydrogen) atoms. The van der Waals surface area contributed by atoms with E-state index in [0.29, 0.717) is 51.7 Å². The molecule has 204 valence electrons. The molecule has 3 aliphatic heterocycles. The van der Waals surface area contributed by atoms with Gasteiger partial charge in [0.2, 0.25) is 11.8 Å². The lowest BCUT2D eigenvalue weighted by Crippen LogP contribution is -2.53. The summed E-state index contributed by atoms with van der Waals surface area (Å²) in [7, 11) is 0. The van der Waals surface area contributed by atoms with Crippen LogP contribution in [0.5, 0.6) is 0 Å². The van der Waals surface area contributed by atoms with Gasteiger partial charge in [-0.05, 0) is 43.7 Å². The Kier molecular flexibility index (Phi) is 8.25. The number of carboxylic acids is 1. The van der Waals surface area contributed by atoms with Gasteiger partial charge in [0.15, 0.2) is 0 Å². The van der Waals surface area contributed by atoms with Gasteiger partial charge in [0.05, 0.1) is 18.6 Å². The van der Waals surface area contributed by atoms with Crippen LogP contribution in [0.25, 0.3) is 0 Å². The van der Waals surface area contributed by atoms with E-state index in [1.165, 1.54) is 12.8 Å². The highest BCUT2D eigenvalue weighted by Gasteiger charge is 2.55. The molecule has 4 fully saturated rings. The van der Waals surface area contributed by atoms with Gasteiger partial charge in [0, 0.05) is 57.8 Å². The quantitative estimate of drug-likeness (QED) is 0.643. The molecule has 0 bridgehead atoms. The number of anilines is 1. The van der Waals surface area contributed by atoms with E-state index in [1.54, 1.807) is 0 Å². The Balaban J connectivity index is 0.000000405. The number of pyridine rings is 1. The van der Waals surface area contributed by atoms with Gasteiger partial charge in [-0.1, -0.05) is 6.07 Å². The first-order chi connectivity index (χ1) is 17.6. The maximum Gasteiger partial charge on any atom is 0.490 e. The molecule has 1 N–H and O–H groups in total. The number of nitrogens with zero attached hydrogens (tertiary/aromatic N) is 4. The highest BCUT2D eigenvalue weighted by atomic mass is 19.4. The Bertz CT molecular complexity index is 969. The monoisotopic (exact) mass is 526 g/mol. The number of fused-ring (bicyclic) bond motifs is 1. The maximum atomic E-state index is 13.9. The number of alkyl halides is 3. The third kappa shape index (κ3) is 6.52. The van der Waals surface area contributed by atoms with E-state index in [-0.39, 0.29) is 17.7 Å². The molecule has 2 atom stereocenters. The largest absolute Gasteiger partial charge is 0.490 e. The topological polar surface area (TPSA) is 103 Å². The van der Waals surface area contributed by atoms with E-state index < -0.39 is 17.6 Å². The molecule has 0 spiro atoms. The number of rotatable bonds is 4. The first kappa shape index (κ1) is 27.2. The van der Waals surface area contributed by atoms with E-state index >= 15 is 0 Å². The van der Waals surface area contributed by atoms with Gasteiger partial charge in [-0.3, -0.25) is 9.59 Å². The smallest absolute Gasteiger partial charge is 0.475 e. The van der Waals surface area contributed by atoms with Gasteiger partial charge in [0.25, 0.3) is 0 Å². The molecule has 1 aromatic rings. The predicted molar refractivity (Wildman–Crippen MR) is 127 cm³/mol. The van der Waals surface area contributed by atoms with Crippen molar-refractivity contribution in [3.05, 3.63) is 24.4 Å². The maximum absolute atomic E-state index is 13.9. The number of halogens is 3. The number of carboxylic acid groups (broad SMARTS) is 1. The highest BCUT2D eigenvalue weighted by molar-refractivity contribution is 5.85. The average Bonchev–Trinajstić information content (AvgIpc) is 3.66. The van der Waals surface area contributed by atoms with E-state index in [2.05, 4.69) is 14.8 Å². The molecule has 0 unspecified atom stereocenters. The van der Waals surface area contributed by atoms with E-state index in [0.717, 1.165) is 31.7 Å². The molecular formula is C25H33F3N4O5. The number of ether oxygens (including phenoxy) is 1. The molecule has 1 saturated carbocycles. The van der Waals surface area contributed by atoms with Crippen molar-refractivity contribution in [2.24, 2.45) is 17.3 Å². The van der Waals surface area contributed by atoms with E-state index in [4.69, 9.17) is 14.6 Å². The summed E-state index contributed by atoms with van der Waals surface area (Å²) in [5.41, 5.74) is -0.441. The minimum absolute atomic E-state index is 0.139. The second kappa shape index (κ2) is 11.2. The first-order valence-electron chi connectivity index (χ1n) is 12.7. The summed E-state index contributed by atoms with van der Waals surface area (Å²) in [6.07, 6.45) is 1.52. The van der Waals surface area contributed by atoms with Crippen LogP contribution in [0, 0.1) is 17.3 Å². The second-order valence-corrected chi connectivity index (χ2v) is 10.2. The van der Waals surface area contributed by atoms with Gasteiger partial charge in [-0.2, -0.15) is 13.2 Å². The van der Waals surface area contributed by atoms with Crippen LogP contribution >= 0.6 is 0 Å². The Hall–Kier alpha value is -2.89. The molecule has 1 aromatic heterocycles. The number of aliphatic carboxylic acids is 1. The Morgan fingerprint density at radius 2 is 1.78 bits per heavy atom. The number of aromatic nitrogens is 1. The standard InChI is InChI=1S/C23H32N4O3.C2HF3O2/c28-21(14-18-5-6-18)26-9-3-7-23(22(29)25-10-12-30-13-11-25)17-27(16-19(23)15-26)20-4-1-2-8-24-20;3-2(4,5)1(6)7/h1-2,4,8,18-19H,3,5-7,9-17H2;(H,6,7)/t19-,23-;/m0./s1. The van der Waals surface area contributed by atoms with Crippen LogP contribution < -0.4 is 4.90 Å². The molecule has 3 saturated heterocycles. The fourth-order valence-electron chi connectivity index (χ4n) is 5.50. The molecule has 12 heteroatoms. The van der Waals surface area contributed by atoms with Crippen molar-refractivity contribution in [3.8, 4) is 0 Å². The summed E-state index contributed by atoms with van der Waals surface area (Å²) in [6, 6.07) is 5.94. The van der Waals surface area contributed by atoms with Gasteiger partial charge >= 0.3 is 12.1 Å². The molecule has 4 aliphatic rings. The Labute approximate surface area is 213 Å². The normalized spacial score (nSPS) is 26.0. The minimum Gasteiger partial charge on any atom is -0.475 e. The zero-order valence-electron chi connectivity index (χ0n) is 20.7. The SMILES string of the molecule is O=C(CC1CC1)N1CCC[C@]2(C(=O)N3CCOCC3)CN(c3ccccn3)C[C@@H]2C1.O=C(O)C(F)(F)F. The molecule has 1 aliphatic carbocycles. The lowest BCUT2D eigenvalue weighted by Gasteiger charge is -2.38. The zero-order valence-corrected chi connectivity index (χ0v) is 20.7. The Morgan fingerprint density at radius 1 is 1.08 bits per heavy atom. The second-order valence-electron chi connectivity index (χ2n) is 10.2. The third-order valence-electron chi connectivity index (χ3n) is 7.64. The average molecular weight is 527 g/mol. The summed E-state index contributed by atoms with van der Waals surface area (Å²) in [5.74, 6) is -0.563. The predicted octanol–water partition coefficient (Wildman–Crippen LogP) is 2.42.